The number of aryl methyl sites for hydroxylation is 1. The predicted octanol–water partition coefficient (Wildman–Crippen LogP) is 10.2. The molecule has 40 heavy (non-hydrogen) atoms. The highest BCUT2D eigenvalue weighted by Crippen LogP contribution is 2.50. The van der Waals surface area contributed by atoms with Crippen molar-refractivity contribution in [3.05, 3.63) is 138 Å². The van der Waals surface area contributed by atoms with E-state index in [-0.39, 0.29) is 0 Å². The molecule has 0 aromatic heterocycles. The van der Waals surface area contributed by atoms with E-state index in [0.29, 0.717) is 5.92 Å². The van der Waals surface area contributed by atoms with Gasteiger partial charge in [-0.25, -0.2) is 0 Å². The molecular weight excluding hydrogens is 484 g/mol. The summed E-state index contributed by atoms with van der Waals surface area (Å²) in [6, 6.07) is 44.7. The van der Waals surface area contributed by atoms with Crippen LogP contribution in [0, 0.1) is 0 Å². The van der Waals surface area contributed by atoms with Gasteiger partial charge in [0.15, 0.2) is 0 Å². The van der Waals surface area contributed by atoms with Crippen molar-refractivity contribution in [2.45, 2.75) is 32.1 Å². The van der Waals surface area contributed by atoms with Crippen LogP contribution in [0.25, 0.3) is 21.5 Å². The fourth-order valence-corrected chi connectivity index (χ4v) is 7.23. The van der Waals surface area contributed by atoms with Gasteiger partial charge in [-0.2, -0.15) is 0 Å². The van der Waals surface area contributed by atoms with Crippen molar-refractivity contribution in [2.24, 2.45) is 0 Å². The minimum atomic E-state index is 0.455. The summed E-state index contributed by atoms with van der Waals surface area (Å²) in [5.74, 6) is 0.455. The van der Waals surface area contributed by atoms with E-state index in [0.717, 1.165) is 19.4 Å². The number of benzene rings is 6. The Labute approximate surface area is 236 Å². The van der Waals surface area contributed by atoms with Gasteiger partial charge in [-0.05, 0) is 100 Å². The maximum atomic E-state index is 2.60. The fourth-order valence-electron chi connectivity index (χ4n) is 7.23. The van der Waals surface area contributed by atoms with Gasteiger partial charge in [0.2, 0.25) is 0 Å². The molecule has 0 saturated carbocycles. The summed E-state index contributed by atoms with van der Waals surface area (Å²) in [4.78, 5) is 5.01. The molecule has 194 valence electrons. The molecule has 1 atom stereocenters. The molecule has 2 aliphatic rings. The van der Waals surface area contributed by atoms with Gasteiger partial charge in [0.1, 0.15) is 0 Å². The second kappa shape index (κ2) is 9.27. The lowest BCUT2D eigenvalue weighted by atomic mass is 9.79. The zero-order chi connectivity index (χ0) is 26.6. The van der Waals surface area contributed by atoms with Crippen LogP contribution in [0.4, 0.5) is 28.4 Å². The number of hydrogen-bond donors (Lipinski definition) is 0. The summed E-state index contributed by atoms with van der Waals surface area (Å²) >= 11 is 0. The van der Waals surface area contributed by atoms with Crippen molar-refractivity contribution in [3.63, 3.8) is 0 Å². The van der Waals surface area contributed by atoms with E-state index in [9.17, 15) is 0 Å². The monoisotopic (exact) mass is 516 g/mol. The van der Waals surface area contributed by atoms with Crippen molar-refractivity contribution in [2.75, 3.05) is 16.3 Å². The molecule has 2 heteroatoms. The number of rotatable bonds is 4. The zero-order valence-electron chi connectivity index (χ0n) is 22.8. The molecule has 0 amide bonds. The molecular formula is C38H32N2. The third-order valence-electron chi connectivity index (χ3n) is 8.93. The summed E-state index contributed by atoms with van der Waals surface area (Å²) in [5, 5.41) is 5.52. The molecule has 8 rings (SSSR count). The van der Waals surface area contributed by atoms with Crippen LogP contribution in [0.15, 0.2) is 121 Å². The van der Waals surface area contributed by atoms with E-state index in [1.165, 1.54) is 73.1 Å². The molecule has 6 aromatic rings. The minimum absolute atomic E-state index is 0.455. The lowest BCUT2D eigenvalue weighted by Crippen LogP contribution is -2.26. The first kappa shape index (κ1) is 23.3. The molecule has 6 aromatic carbocycles. The Morgan fingerprint density at radius 2 is 1.32 bits per heavy atom. The van der Waals surface area contributed by atoms with Gasteiger partial charge in [0.25, 0.3) is 0 Å². The maximum Gasteiger partial charge on any atom is 0.0540 e. The SMILES string of the molecule is CC1Cc2ccc(N(c3ccccc3)c3ccccc3)c3ccc4ccc(N5CCCc6ccccc65)c1c4c23. The number of hydrogen-bond acceptors (Lipinski definition) is 2. The fraction of sp³-hybridized carbons (Fsp3) is 0.158. The Hall–Kier alpha value is -4.56. The molecule has 0 fully saturated rings. The Morgan fingerprint density at radius 1 is 0.625 bits per heavy atom. The average molecular weight is 517 g/mol. The van der Waals surface area contributed by atoms with Crippen LogP contribution in [-0.2, 0) is 12.8 Å². The standard InChI is InChI=1S/C38H32N2/c1-26-25-29-20-22-34(40(30-13-4-2-5-14-30)31-15-6-3-7-16-31)32-21-18-28-19-23-35(36(26)38(28)37(29)32)39-24-10-12-27-11-8-9-17-33(27)39/h2-9,11,13-23,26H,10,12,24-25H2,1H3. The van der Waals surface area contributed by atoms with Crippen LogP contribution < -0.4 is 9.80 Å². The lowest BCUT2D eigenvalue weighted by Gasteiger charge is -2.36. The third-order valence-corrected chi connectivity index (χ3v) is 8.93. The molecule has 0 bridgehead atoms. The van der Waals surface area contributed by atoms with Gasteiger partial charge in [-0.3, -0.25) is 0 Å². The summed E-state index contributed by atoms with van der Waals surface area (Å²) < 4.78 is 0. The van der Waals surface area contributed by atoms with Crippen molar-refractivity contribution >= 4 is 50.0 Å². The van der Waals surface area contributed by atoms with Crippen molar-refractivity contribution in [1.29, 1.82) is 0 Å². The van der Waals surface area contributed by atoms with Crippen LogP contribution in [0.2, 0.25) is 0 Å². The van der Waals surface area contributed by atoms with Gasteiger partial charge in [0, 0.05) is 34.7 Å². The molecule has 1 unspecified atom stereocenters. The van der Waals surface area contributed by atoms with Gasteiger partial charge in [0.05, 0.1) is 5.69 Å². The first-order valence-electron chi connectivity index (χ1n) is 14.5. The highest BCUT2D eigenvalue weighted by molar-refractivity contribution is 6.17. The van der Waals surface area contributed by atoms with Crippen LogP contribution in [0.3, 0.4) is 0 Å². The molecule has 0 saturated heterocycles. The van der Waals surface area contributed by atoms with Crippen LogP contribution in [-0.4, -0.2) is 6.54 Å². The van der Waals surface area contributed by atoms with E-state index < -0.39 is 0 Å². The van der Waals surface area contributed by atoms with Gasteiger partial charge in [-0.15, -0.1) is 0 Å². The Kier molecular flexibility index (Phi) is 5.41. The molecule has 1 aliphatic heterocycles. The molecule has 0 N–H and O–H groups in total. The van der Waals surface area contributed by atoms with Crippen molar-refractivity contribution < 1.29 is 0 Å². The largest absolute Gasteiger partial charge is 0.341 e. The lowest BCUT2D eigenvalue weighted by molar-refractivity contribution is 0.737. The number of nitrogens with zero attached hydrogens (tertiary/aromatic N) is 2. The highest BCUT2D eigenvalue weighted by Gasteiger charge is 2.29. The topological polar surface area (TPSA) is 6.48 Å². The van der Waals surface area contributed by atoms with Crippen LogP contribution >= 0.6 is 0 Å². The third kappa shape index (κ3) is 3.56. The molecule has 0 spiro atoms. The molecule has 1 heterocycles. The van der Waals surface area contributed by atoms with Crippen LogP contribution in [0.5, 0.6) is 0 Å². The molecule has 2 nitrogen and oxygen atoms in total. The summed E-state index contributed by atoms with van der Waals surface area (Å²) in [7, 11) is 0. The Balaban J connectivity index is 1.41. The van der Waals surface area contributed by atoms with Gasteiger partial charge in [-0.1, -0.05) is 85.8 Å². The first-order chi connectivity index (χ1) is 19.8. The smallest absolute Gasteiger partial charge is 0.0540 e. The minimum Gasteiger partial charge on any atom is -0.341 e. The second-order valence-corrected chi connectivity index (χ2v) is 11.3. The number of anilines is 5. The van der Waals surface area contributed by atoms with Gasteiger partial charge >= 0.3 is 0 Å². The van der Waals surface area contributed by atoms with E-state index in [2.05, 4.69) is 138 Å². The summed E-state index contributed by atoms with van der Waals surface area (Å²) in [6.45, 7) is 3.49. The first-order valence-corrected chi connectivity index (χ1v) is 14.5. The molecule has 0 radical (unpaired) electrons. The number of fused-ring (bicyclic) bond motifs is 1. The summed E-state index contributed by atoms with van der Waals surface area (Å²) in [6.07, 6.45) is 3.42. The zero-order valence-corrected chi connectivity index (χ0v) is 22.8. The summed E-state index contributed by atoms with van der Waals surface area (Å²) in [5.41, 5.74) is 10.8. The maximum absolute atomic E-state index is 2.60. The van der Waals surface area contributed by atoms with Crippen LogP contribution in [0.1, 0.15) is 36.0 Å². The second-order valence-electron chi connectivity index (χ2n) is 11.3. The van der Waals surface area contributed by atoms with E-state index in [4.69, 9.17) is 0 Å². The van der Waals surface area contributed by atoms with Crippen molar-refractivity contribution in [1.82, 2.24) is 0 Å². The van der Waals surface area contributed by atoms with Crippen molar-refractivity contribution in [3.8, 4) is 0 Å². The van der Waals surface area contributed by atoms with E-state index in [1.54, 1.807) is 0 Å². The van der Waals surface area contributed by atoms with Gasteiger partial charge < -0.3 is 9.80 Å². The Bertz CT molecular complexity index is 1830. The normalized spacial score (nSPS) is 15.9. The molecule has 1 aliphatic carbocycles. The Morgan fingerprint density at radius 3 is 2.10 bits per heavy atom. The quantitative estimate of drug-likeness (QED) is 0.215. The predicted molar refractivity (Wildman–Crippen MR) is 170 cm³/mol. The van der Waals surface area contributed by atoms with E-state index in [1.807, 2.05) is 0 Å². The number of para-hydroxylation sites is 3. The highest BCUT2D eigenvalue weighted by atomic mass is 15.2. The van der Waals surface area contributed by atoms with E-state index >= 15 is 0 Å². The average Bonchev–Trinajstić information content (AvgIpc) is 3.02.